The largest absolute Gasteiger partial charge is 0.390 e. The van der Waals surface area contributed by atoms with Gasteiger partial charge in [0.05, 0.1) is 5.60 Å². The summed E-state index contributed by atoms with van der Waals surface area (Å²) in [5.74, 6) is 6.42. The lowest BCUT2D eigenvalue weighted by molar-refractivity contribution is -0.102. The Balaban J connectivity index is 1.30. The third-order valence-corrected chi connectivity index (χ3v) is 10.3. The smallest absolute Gasteiger partial charge is 0.144 e. The van der Waals surface area contributed by atoms with Crippen molar-refractivity contribution in [2.75, 3.05) is 0 Å². The predicted molar refractivity (Wildman–Crippen MR) is 121 cm³/mol. The molecule has 9 atom stereocenters. The van der Waals surface area contributed by atoms with Crippen molar-refractivity contribution in [2.24, 2.45) is 46.8 Å². The first-order chi connectivity index (χ1) is 14.8. The molecule has 4 nitrogen and oxygen atoms in total. The van der Waals surface area contributed by atoms with Crippen LogP contribution in [0.1, 0.15) is 90.1 Å². The number of nitriles is 1. The monoisotopic (exact) mass is 421 g/mol. The standard InChI is InChI=1S/C27H39N3O/c1-17(14-25-29-13-10-19(16-28)30-25)23-6-7-24-22-5-4-18-15-26(2,31)11-8-20(18)21(22)9-12-27(23,24)3/h10,13,17-18,20-24,31H,4-9,11-12,14-15H2,1-3H3/t17-,18+,20-,21+,22+,23+,24-,26+,27+/m0/s1. The molecule has 1 aromatic heterocycles. The Kier molecular flexibility index (Phi) is 5.40. The van der Waals surface area contributed by atoms with E-state index in [-0.39, 0.29) is 0 Å². The van der Waals surface area contributed by atoms with Gasteiger partial charge in [-0.15, -0.1) is 0 Å². The van der Waals surface area contributed by atoms with Gasteiger partial charge in [0, 0.05) is 12.6 Å². The molecule has 31 heavy (non-hydrogen) atoms. The van der Waals surface area contributed by atoms with Crippen molar-refractivity contribution in [3.63, 3.8) is 0 Å². The Labute approximate surface area is 187 Å². The fourth-order valence-electron chi connectivity index (χ4n) is 9.05. The van der Waals surface area contributed by atoms with Crippen LogP contribution < -0.4 is 0 Å². The number of aromatic nitrogens is 2. The number of nitrogens with zero attached hydrogens (tertiary/aromatic N) is 3. The minimum atomic E-state index is -0.421. The first-order valence-electron chi connectivity index (χ1n) is 12.7. The SMILES string of the molecule is C[C@@H](Cc1nccc(C#N)n1)[C@H]1CC[C@H]2[C@@H]3CC[C@@H]4C[C@](C)(O)CC[C@@H]4[C@H]3CC[C@]12C. The van der Waals surface area contributed by atoms with E-state index < -0.39 is 5.60 Å². The van der Waals surface area contributed by atoms with E-state index in [1.165, 1.54) is 44.9 Å². The third kappa shape index (κ3) is 3.71. The maximum atomic E-state index is 10.6. The lowest BCUT2D eigenvalue weighted by Gasteiger charge is -2.57. The molecule has 4 heteroatoms. The summed E-state index contributed by atoms with van der Waals surface area (Å²) in [5, 5.41) is 19.8. The molecule has 0 aliphatic heterocycles. The van der Waals surface area contributed by atoms with Crippen LogP contribution in [0.2, 0.25) is 0 Å². The minimum absolute atomic E-state index is 0.421. The summed E-state index contributed by atoms with van der Waals surface area (Å²) < 4.78 is 0. The van der Waals surface area contributed by atoms with Crippen molar-refractivity contribution < 1.29 is 5.11 Å². The van der Waals surface area contributed by atoms with Crippen LogP contribution in [0.3, 0.4) is 0 Å². The molecule has 5 rings (SSSR count). The Bertz CT molecular complexity index is 860. The highest BCUT2D eigenvalue weighted by Crippen LogP contribution is 2.65. The zero-order valence-corrected chi connectivity index (χ0v) is 19.6. The van der Waals surface area contributed by atoms with Crippen LogP contribution in [-0.2, 0) is 6.42 Å². The van der Waals surface area contributed by atoms with Crippen LogP contribution in [0.5, 0.6) is 0 Å². The molecule has 0 saturated heterocycles. The maximum absolute atomic E-state index is 10.6. The third-order valence-electron chi connectivity index (χ3n) is 10.3. The lowest BCUT2D eigenvalue weighted by Crippen LogP contribution is -2.50. The molecular formula is C27H39N3O. The molecule has 0 unspecified atom stereocenters. The van der Waals surface area contributed by atoms with Gasteiger partial charge >= 0.3 is 0 Å². The highest BCUT2D eigenvalue weighted by Gasteiger charge is 2.58. The van der Waals surface area contributed by atoms with Crippen molar-refractivity contribution in [3.05, 3.63) is 23.8 Å². The summed E-state index contributed by atoms with van der Waals surface area (Å²) in [6.45, 7) is 7.06. The van der Waals surface area contributed by atoms with Crippen LogP contribution >= 0.6 is 0 Å². The average molecular weight is 422 g/mol. The molecule has 4 aliphatic carbocycles. The summed E-state index contributed by atoms with van der Waals surface area (Å²) in [4.78, 5) is 8.92. The van der Waals surface area contributed by atoms with Gasteiger partial charge < -0.3 is 5.11 Å². The van der Waals surface area contributed by atoms with E-state index in [1.54, 1.807) is 12.3 Å². The van der Waals surface area contributed by atoms with Gasteiger partial charge in [0.1, 0.15) is 17.6 Å². The molecule has 0 spiro atoms. The number of hydrogen-bond acceptors (Lipinski definition) is 4. The zero-order valence-electron chi connectivity index (χ0n) is 19.6. The number of fused-ring (bicyclic) bond motifs is 5. The molecule has 0 amide bonds. The van der Waals surface area contributed by atoms with Crippen molar-refractivity contribution in [1.29, 1.82) is 5.26 Å². The van der Waals surface area contributed by atoms with E-state index >= 15 is 0 Å². The summed E-state index contributed by atoms with van der Waals surface area (Å²) in [7, 11) is 0. The second kappa shape index (κ2) is 7.84. The molecule has 1 heterocycles. The van der Waals surface area contributed by atoms with Crippen LogP contribution in [0.4, 0.5) is 0 Å². The number of hydrogen-bond donors (Lipinski definition) is 1. The molecule has 4 aliphatic rings. The van der Waals surface area contributed by atoms with E-state index in [0.717, 1.165) is 60.6 Å². The lowest BCUT2D eigenvalue weighted by atomic mass is 9.48. The first kappa shape index (κ1) is 21.4. The van der Waals surface area contributed by atoms with Gasteiger partial charge in [-0.05, 0) is 118 Å². The molecule has 0 radical (unpaired) electrons. The molecule has 4 saturated carbocycles. The van der Waals surface area contributed by atoms with Crippen molar-refractivity contribution in [1.82, 2.24) is 9.97 Å². The Hall–Kier alpha value is -1.47. The van der Waals surface area contributed by atoms with E-state index in [4.69, 9.17) is 5.26 Å². The quantitative estimate of drug-likeness (QED) is 0.695. The van der Waals surface area contributed by atoms with Crippen molar-refractivity contribution >= 4 is 0 Å². The van der Waals surface area contributed by atoms with Crippen LogP contribution in [0.15, 0.2) is 12.3 Å². The predicted octanol–water partition coefficient (Wildman–Crippen LogP) is 5.55. The fourth-order valence-corrected chi connectivity index (χ4v) is 9.05. The highest BCUT2D eigenvalue weighted by atomic mass is 16.3. The van der Waals surface area contributed by atoms with E-state index in [1.807, 2.05) is 0 Å². The zero-order chi connectivity index (χ0) is 21.8. The topological polar surface area (TPSA) is 69.8 Å². The first-order valence-corrected chi connectivity index (χ1v) is 12.7. The van der Waals surface area contributed by atoms with Crippen molar-refractivity contribution in [3.8, 4) is 6.07 Å². The molecule has 0 aromatic carbocycles. The minimum Gasteiger partial charge on any atom is -0.390 e. The molecule has 1 N–H and O–H groups in total. The van der Waals surface area contributed by atoms with Gasteiger partial charge in [-0.1, -0.05) is 13.8 Å². The van der Waals surface area contributed by atoms with Gasteiger partial charge in [-0.25, -0.2) is 9.97 Å². The molecular weight excluding hydrogens is 382 g/mol. The normalized spacial score (nSPS) is 45.1. The Morgan fingerprint density at radius 2 is 1.90 bits per heavy atom. The molecule has 0 bridgehead atoms. The maximum Gasteiger partial charge on any atom is 0.144 e. The summed E-state index contributed by atoms with van der Waals surface area (Å²) in [6, 6.07) is 3.85. The van der Waals surface area contributed by atoms with Gasteiger partial charge in [0.15, 0.2) is 0 Å². The van der Waals surface area contributed by atoms with E-state index in [2.05, 4.69) is 36.8 Å². The Morgan fingerprint density at radius 1 is 1.10 bits per heavy atom. The molecule has 1 aromatic rings. The molecule has 168 valence electrons. The molecule has 4 fully saturated rings. The van der Waals surface area contributed by atoms with Gasteiger partial charge in [0.2, 0.25) is 0 Å². The van der Waals surface area contributed by atoms with E-state index in [0.29, 0.717) is 17.0 Å². The summed E-state index contributed by atoms with van der Waals surface area (Å²) in [5.41, 5.74) is 0.507. The summed E-state index contributed by atoms with van der Waals surface area (Å²) >= 11 is 0. The average Bonchev–Trinajstić information content (AvgIpc) is 3.10. The number of aliphatic hydroxyl groups is 1. The van der Waals surface area contributed by atoms with E-state index in [9.17, 15) is 5.11 Å². The Morgan fingerprint density at radius 3 is 2.71 bits per heavy atom. The second-order valence-electron chi connectivity index (χ2n) is 12.1. The second-order valence-corrected chi connectivity index (χ2v) is 12.1. The summed E-state index contributed by atoms with van der Waals surface area (Å²) in [6.07, 6.45) is 14.1. The van der Waals surface area contributed by atoms with Crippen molar-refractivity contribution in [2.45, 2.75) is 90.6 Å². The number of rotatable bonds is 3. The van der Waals surface area contributed by atoms with Crippen LogP contribution in [0.25, 0.3) is 0 Å². The van der Waals surface area contributed by atoms with Gasteiger partial charge in [-0.2, -0.15) is 5.26 Å². The van der Waals surface area contributed by atoms with Gasteiger partial charge in [0.25, 0.3) is 0 Å². The van der Waals surface area contributed by atoms with Gasteiger partial charge in [-0.3, -0.25) is 0 Å². The van der Waals surface area contributed by atoms with Crippen LogP contribution in [-0.4, -0.2) is 20.7 Å². The highest BCUT2D eigenvalue weighted by molar-refractivity contribution is 5.18. The fraction of sp³-hybridized carbons (Fsp3) is 0.815. The van der Waals surface area contributed by atoms with Crippen LogP contribution in [0, 0.1) is 58.2 Å².